The molecular weight excluding hydrogens is 1560 g/mol. The minimum Gasteiger partial charge on any atom is -0.399 e. The Bertz CT molecular complexity index is 3930. The molecule has 2 aliphatic heterocycles. The van der Waals surface area contributed by atoms with Crippen molar-refractivity contribution in [3.63, 3.8) is 0 Å². The summed E-state index contributed by atoms with van der Waals surface area (Å²) in [5, 5.41) is 0. The SMILES string of the molecule is Brc1ccc2c(c1)Cc1cc(Br)ccc1-2.CCCCCCCCC1(CCCCCCCC)c2cc(B3OC(C)(C)C(C)(C)O3)ccc2-c2ccc(B3OC(C)(C)C(C)(C)O3)cc21.CCCCCCCCC1(CCCCCCCC)c2cc(Br)ccc2-c2ccc(Br)cc21.c1ccc2c(c1)Cc1ccccc1-2. The fraction of sp³-hybridized carbons (Fsp3) is 0.500. The Balaban J connectivity index is 0.000000160. The molecule has 14 rings (SSSR count). The molecular formula is C96H122B2Br4O4. The smallest absolute Gasteiger partial charge is 0.399 e. The van der Waals surface area contributed by atoms with E-state index in [0.717, 1.165) is 45.6 Å². The van der Waals surface area contributed by atoms with Gasteiger partial charge in [-0.15, -0.1) is 0 Å². The number of hydrogen-bond acceptors (Lipinski definition) is 4. The van der Waals surface area contributed by atoms with Gasteiger partial charge < -0.3 is 18.6 Å². The van der Waals surface area contributed by atoms with Crippen molar-refractivity contribution in [3.8, 4) is 44.5 Å². The van der Waals surface area contributed by atoms with Crippen LogP contribution in [0, 0.1) is 0 Å². The van der Waals surface area contributed by atoms with Gasteiger partial charge in [-0.2, -0.15) is 0 Å². The third kappa shape index (κ3) is 19.0. The van der Waals surface area contributed by atoms with E-state index >= 15 is 0 Å². The summed E-state index contributed by atoms with van der Waals surface area (Å²) in [5.74, 6) is 0. The van der Waals surface area contributed by atoms with Crippen molar-refractivity contribution in [2.45, 2.75) is 309 Å². The normalized spacial score (nSPS) is 16.8. The highest BCUT2D eigenvalue weighted by Crippen LogP contribution is 2.57. The maximum absolute atomic E-state index is 6.60. The summed E-state index contributed by atoms with van der Waals surface area (Å²) < 4.78 is 31.1. The predicted molar refractivity (Wildman–Crippen MR) is 469 cm³/mol. The third-order valence-corrected chi connectivity index (χ3v) is 27.1. The highest BCUT2D eigenvalue weighted by atomic mass is 79.9. The van der Waals surface area contributed by atoms with Crippen LogP contribution in [0.1, 0.15) is 307 Å². The molecule has 10 heteroatoms. The Morgan fingerprint density at radius 1 is 0.264 bits per heavy atom. The Kier molecular flexibility index (Phi) is 29.1. The van der Waals surface area contributed by atoms with Crippen LogP contribution in [0.5, 0.6) is 0 Å². The molecule has 0 radical (unpaired) electrons. The Morgan fingerprint density at radius 2 is 0.509 bits per heavy atom. The van der Waals surface area contributed by atoms with Crippen molar-refractivity contribution in [1.29, 1.82) is 0 Å². The van der Waals surface area contributed by atoms with E-state index in [4.69, 9.17) is 18.6 Å². The van der Waals surface area contributed by atoms with Crippen LogP contribution in [0.2, 0.25) is 0 Å². The standard InChI is InChI=1S/C41H64B2O4.C29H40Br2.C13H8Br2.C13H10/c1-11-13-15-17-19-21-27-41(28-22-20-18-16-14-12-2)35-29-31(42-44-37(3,4)38(5,6)45-42)23-25-33(35)34-26-24-32(30-36(34)41)43-46-39(7,8)40(9,10)47-43;1-3-5-7-9-11-13-19-29(20-14-12-10-8-6-4-2)27-21-23(30)15-17-25(27)26-18-16-24(31)22-28(26)29;14-10-1-3-12-8(6-10)5-9-7-11(15)2-4-13(9)12;1-3-7-12-10(5-1)9-11-6-2-4-8-13(11)12/h23-26,29-30H,11-22,27-28H2,1-10H3;15-18,21-22H,3-14,19-20H2,1-2H3;1-4,6-7H,5H2;1-8H,9H2. The molecule has 0 spiro atoms. The number of hydrogen-bond donors (Lipinski definition) is 0. The van der Waals surface area contributed by atoms with Crippen molar-refractivity contribution < 1.29 is 18.6 Å². The largest absolute Gasteiger partial charge is 0.494 e. The van der Waals surface area contributed by atoms with Crippen LogP contribution in [0.25, 0.3) is 44.5 Å². The van der Waals surface area contributed by atoms with Crippen molar-refractivity contribution in [1.82, 2.24) is 0 Å². The number of fused-ring (bicyclic) bond motifs is 12. The first-order valence-electron chi connectivity index (χ1n) is 41.3. The molecule has 0 saturated carbocycles. The van der Waals surface area contributed by atoms with E-state index in [0.29, 0.717) is 0 Å². The molecule has 8 aromatic carbocycles. The molecule has 0 atom stereocenters. The van der Waals surface area contributed by atoms with Crippen LogP contribution < -0.4 is 10.9 Å². The maximum Gasteiger partial charge on any atom is 0.494 e. The molecule has 2 saturated heterocycles. The van der Waals surface area contributed by atoms with Gasteiger partial charge in [0, 0.05) is 28.7 Å². The van der Waals surface area contributed by atoms with E-state index in [1.54, 1.807) is 11.1 Å². The zero-order chi connectivity index (χ0) is 75.3. The van der Waals surface area contributed by atoms with Crippen LogP contribution in [0.4, 0.5) is 0 Å². The lowest BCUT2D eigenvalue weighted by Gasteiger charge is -2.33. The lowest BCUT2D eigenvalue weighted by Crippen LogP contribution is -2.41. The molecule has 4 nitrogen and oxygen atoms in total. The molecule has 8 aromatic rings. The first kappa shape index (κ1) is 82.6. The van der Waals surface area contributed by atoms with Crippen LogP contribution >= 0.6 is 63.7 Å². The van der Waals surface area contributed by atoms with Gasteiger partial charge >= 0.3 is 14.2 Å². The minimum atomic E-state index is -0.370. The molecule has 2 heterocycles. The van der Waals surface area contributed by atoms with Gasteiger partial charge in [0.1, 0.15) is 0 Å². The Morgan fingerprint density at radius 3 is 0.830 bits per heavy atom. The molecule has 0 bridgehead atoms. The quantitative estimate of drug-likeness (QED) is 0.0332. The molecule has 106 heavy (non-hydrogen) atoms. The number of rotatable bonds is 30. The lowest BCUT2D eigenvalue weighted by molar-refractivity contribution is 0.00578. The molecule has 0 aromatic heterocycles. The van der Waals surface area contributed by atoms with Crippen LogP contribution in [-0.2, 0) is 42.3 Å². The summed E-state index contributed by atoms with van der Waals surface area (Å²) in [5.41, 5.74) is 24.0. The first-order valence-corrected chi connectivity index (χ1v) is 44.5. The second-order valence-electron chi connectivity index (χ2n) is 33.7. The third-order valence-electron chi connectivity index (χ3n) is 25.1. The summed E-state index contributed by atoms with van der Waals surface area (Å²) >= 11 is 14.6. The van der Waals surface area contributed by atoms with Crippen molar-refractivity contribution >= 4 is 88.9 Å². The monoisotopic (exact) mass is 1680 g/mol. The summed E-state index contributed by atoms with van der Waals surface area (Å²) in [6.45, 7) is 26.4. The van der Waals surface area contributed by atoms with Gasteiger partial charge in [-0.1, -0.05) is 355 Å². The Hall–Kier alpha value is -4.35. The predicted octanol–water partition coefficient (Wildman–Crippen LogP) is 29.1. The van der Waals surface area contributed by atoms with Gasteiger partial charge in [0.25, 0.3) is 0 Å². The lowest BCUT2D eigenvalue weighted by atomic mass is 9.67. The van der Waals surface area contributed by atoms with Gasteiger partial charge in [-0.3, -0.25) is 0 Å². The second-order valence-corrected chi connectivity index (χ2v) is 37.3. The highest BCUT2D eigenvalue weighted by Gasteiger charge is 2.55. The molecule has 0 N–H and O–H groups in total. The molecule has 0 amide bonds. The molecule has 6 aliphatic rings. The fourth-order valence-corrected chi connectivity index (χ4v) is 19.1. The zero-order valence-electron chi connectivity index (χ0n) is 66.5. The maximum atomic E-state index is 6.60. The van der Waals surface area contributed by atoms with Gasteiger partial charge in [0.05, 0.1) is 22.4 Å². The number of unbranched alkanes of at least 4 members (excludes halogenated alkanes) is 20. The van der Waals surface area contributed by atoms with E-state index in [2.05, 4.69) is 305 Å². The van der Waals surface area contributed by atoms with Crippen LogP contribution in [0.3, 0.4) is 0 Å². The van der Waals surface area contributed by atoms with Crippen molar-refractivity contribution in [2.75, 3.05) is 0 Å². The summed E-state index contributed by atoms with van der Waals surface area (Å²) in [4.78, 5) is 0. The second kappa shape index (κ2) is 37.3. The van der Waals surface area contributed by atoms with Gasteiger partial charge in [-0.05, 0) is 242 Å². The zero-order valence-corrected chi connectivity index (χ0v) is 72.9. The minimum absolute atomic E-state index is 0.0561. The molecule has 4 aliphatic carbocycles. The molecule has 0 unspecified atom stereocenters. The van der Waals surface area contributed by atoms with Gasteiger partial charge in [-0.25, -0.2) is 0 Å². The average Bonchev–Trinajstić information content (AvgIpc) is 1.56. The van der Waals surface area contributed by atoms with Crippen molar-refractivity contribution in [2.24, 2.45) is 0 Å². The van der Waals surface area contributed by atoms with Gasteiger partial charge in [0.15, 0.2) is 0 Å². The molecule has 2 fully saturated rings. The van der Waals surface area contributed by atoms with Gasteiger partial charge in [0.2, 0.25) is 0 Å². The summed E-state index contributed by atoms with van der Waals surface area (Å²) in [6.07, 6.45) is 39.0. The summed E-state index contributed by atoms with van der Waals surface area (Å²) in [6, 6.07) is 58.4. The number of halogens is 4. The molecule has 564 valence electrons. The van der Waals surface area contributed by atoms with Crippen LogP contribution in [-0.4, -0.2) is 36.6 Å². The van der Waals surface area contributed by atoms with E-state index in [9.17, 15) is 0 Å². The van der Waals surface area contributed by atoms with E-state index in [1.165, 1.54) is 254 Å². The highest BCUT2D eigenvalue weighted by molar-refractivity contribution is 9.11. The van der Waals surface area contributed by atoms with E-state index < -0.39 is 0 Å². The summed E-state index contributed by atoms with van der Waals surface area (Å²) in [7, 11) is -0.731. The van der Waals surface area contributed by atoms with Crippen molar-refractivity contribution in [3.05, 3.63) is 220 Å². The average molecular weight is 1680 g/mol. The fourth-order valence-electron chi connectivity index (χ4n) is 17.6. The van der Waals surface area contributed by atoms with E-state index in [1.807, 2.05) is 0 Å². The van der Waals surface area contributed by atoms with E-state index in [-0.39, 0.29) is 47.5 Å². The van der Waals surface area contributed by atoms with Crippen LogP contribution in [0.15, 0.2) is 176 Å². The topological polar surface area (TPSA) is 36.9 Å². The number of benzene rings is 8. The first-order chi connectivity index (χ1) is 51.0. The Labute approximate surface area is 675 Å².